The number of carbonyl (C=O) groups is 1. The first-order valence-electron chi connectivity index (χ1n) is 9.21. The van der Waals surface area contributed by atoms with Crippen LogP contribution in [0, 0.1) is 6.92 Å². The number of benzene rings is 2. The summed E-state index contributed by atoms with van der Waals surface area (Å²) in [5.41, 5.74) is 4.35. The Morgan fingerprint density at radius 1 is 1.10 bits per heavy atom. The molecule has 0 spiro atoms. The molecular formula is C22H18ClN5OS. The number of hydrogen-bond acceptors (Lipinski definition) is 5. The maximum absolute atomic E-state index is 12.2. The van der Waals surface area contributed by atoms with E-state index in [1.807, 2.05) is 67.7 Å². The molecule has 1 amide bonds. The molecule has 0 unspecified atom stereocenters. The highest BCUT2D eigenvalue weighted by Crippen LogP contribution is 2.23. The van der Waals surface area contributed by atoms with Gasteiger partial charge in [-0.25, -0.2) is 4.68 Å². The Kier molecular flexibility index (Phi) is 6.11. The molecule has 0 aliphatic rings. The highest BCUT2D eigenvalue weighted by Gasteiger charge is 2.08. The predicted molar refractivity (Wildman–Crippen MR) is 120 cm³/mol. The van der Waals surface area contributed by atoms with E-state index in [-0.39, 0.29) is 11.7 Å². The molecule has 0 bridgehead atoms. The van der Waals surface area contributed by atoms with Gasteiger partial charge in [0.15, 0.2) is 0 Å². The zero-order valence-corrected chi connectivity index (χ0v) is 17.7. The maximum atomic E-state index is 12.2. The minimum Gasteiger partial charge on any atom is -0.325 e. The van der Waals surface area contributed by atoms with E-state index < -0.39 is 0 Å². The van der Waals surface area contributed by atoms with Crippen molar-refractivity contribution in [1.29, 1.82) is 0 Å². The summed E-state index contributed by atoms with van der Waals surface area (Å²) in [4.78, 5) is 12.2. The van der Waals surface area contributed by atoms with Crippen molar-refractivity contribution in [3.63, 3.8) is 0 Å². The molecule has 4 rings (SSSR count). The number of aryl methyl sites for hydroxylation is 1. The van der Waals surface area contributed by atoms with Crippen LogP contribution in [0.2, 0.25) is 5.02 Å². The van der Waals surface area contributed by atoms with E-state index in [0.717, 1.165) is 22.5 Å². The Hall–Kier alpha value is -3.16. The molecule has 0 saturated carbocycles. The first-order chi connectivity index (χ1) is 14.6. The summed E-state index contributed by atoms with van der Waals surface area (Å²) in [5.74, 6) is 0.109. The average molecular weight is 436 g/mol. The number of nitrogens with zero attached hydrogens (tertiary/aromatic N) is 4. The molecule has 0 aliphatic heterocycles. The van der Waals surface area contributed by atoms with Crippen molar-refractivity contribution in [3.05, 3.63) is 83.6 Å². The number of aromatic nitrogens is 4. The van der Waals surface area contributed by atoms with Gasteiger partial charge < -0.3 is 5.32 Å². The van der Waals surface area contributed by atoms with Crippen molar-refractivity contribution in [3.8, 4) is 16.9 Å². The van der Waals surface area contributed by atoms with Crippen LogP contribution in [0.5, 0.6) is 0 Å². The minimum absolute atomic E-state index is 0.125. The van der Waals surface area contributed by atoms with Gasteiger partial charge >= 0.3 is 0 Å². The standard InChI is InChI=1S/C22H18ClN5OS/c1-15-3-6-17(13-19(15)23)25-21(29)14-30-22-10-9-20(26-27-22)16-4-7-18(8-5-16)28-12-2-11-24-28/h2-13H,14H2,1H3,(H,25,29). The Morgan fingerprint density at radius 2 is 1.93 bits per heavy atom. The third-order valence-corrected chi connectivity index (χ3v) is 5.71. The van der Waals surface area contributed by atoms with Crippen molar-refractivity contribution in [2.75, 3.05) is 11.1 Å². The highest BCUT2D eigenvalue weighted by atomic mass is 35.5. The van der Waals surface area contributed by atoms with E-state index in [2.05, 4.69) is 20.6 Å². The summed E-state index contributed by atoms with van der Waals surface area (Å²) in [6.45, 7) is 1.92. The van der Waals surface area contributed by atoms with Gasteiger partial charge in [0.25, 0.3) is 0 Å². The van der Waals surface area contributed by atoms with Crippen molar-refractivity contribution in [1.82, 2.24) is 20.0 Å². The zero-order chi connectivity index (χ0) is 20.9. The van der Waals surface area contributed by atoms with Crippen molar-refractivity contribution < 1.29 is 4.79 Å². The van der Waals surface area contributed by atoms with Gasteiger partial charge in [-0.15, -0.1) is 10.2 Å². The summed E-state index contributed by atoms with van der Waals surface area (Å²) in [5, 5.41) is 16.9. The number of anilines is 1. The van der Waals surface area contributed by atoms with Crippen LogP contribution < -0.4 is 5.32 Å². The van der Waals surface area contributed by atoms with Crippen LogP contribution in [0.1, 0.15) is 5.56 Å². The molecule has 0 aliphatic carbocycles. The summed E-state index contributed by atoms with van der Waals surface area (Å²) in [6.07, 6.45) is 3.64. The van der Waals surface area contributed by atoms with Crippen molar-refractivity contribution in [2.24, 2.45) is 0 Å². The molecule has 8 heteroatoms. The maximum Gasteiger partial charge on any atom is 0.234 e. The molecule has 6 nitrogen and oxygen atoms in total. The molecule has 0 radical (unpaired) electrons. The van der Waals surface area contributed by atoms with Crippen LogP contribution >= 0.6 is 23.4 Å². The first kappa shape index (κ1) is 20.1. The molecule has 0 fully saturated rings. The van der Waals surface area contributed by atoms with Crippen LogP contribution in [0.25, 0.3) is 16.9 Å². The van der Waals surface area contributed by atoms with Crippen LogP contribution in [0.15, 0.2) is 78.1 Å². The van der Waals surface area contributed by atoms with Gasteiger partial charge in [-0.2, -0.15) is 5.10 Å². The summed E-state index contributed by atoms with van der Waals surface area (Å²) in [7, 11) is 0. The smallest absolute Gasteiger partial charge is 0.234 e. The van der Waals surface area contributed by atoms with Gasteiger partial charge in [-0.1, -0.05) is 41.6 Å². The van der Waals surface area contributed by atoms with Crippen LogP contribution in [0.4, 0.5) is 5.69 Å². The number of amides is 1. The lowest BCUT2D eigenvalue weighted by molar-refractivity contribution is -0.113. The molecule has 30 heavy (non-hydrogen) atoms. The van der Waals surface area contributed by atoms with Crippen LogP contribution in [0.3, 0.4) is 0 Å². The van der Waals surface area contributed by atoms with Crippen molar-refractivity contribution >= 4 is 35.0 Å². The van der Waals surface area contributed by atoms with Gasteiger partial charge in [0.1, 0.15) is 5.03 Å². The van der Waals surface area contributed by atoms with Crippen molar-refractivity contribution in [2.45, 2.75) is 11.9 Å². The minimum atomic E-state index is -0.125. The van der Waals surface area contributed by atoms with E-state index in [1.165, 1.54) is 11.8 Å². The van der Waals surface area contributed by atoms with E-state index >= 15 is 0 Å². The highest BCUT2D eigenvalue weighted by molar-refractivity contribution is 7.99. The van der Waals surface area contributed by atoms with Gasteiger partial charge in [0, 0.05) is 28.7 Å². The van der Waals surface area contributed by atoms with Gasteiger partial charge in [-0.05, 0) is 55.0 Å². The van der Waals surface area contributed by atoms with E-state index in [4.69, 9.17) is 11.6 Å². The molecule has 150 valence electrons. The lowest BCUT2D eigenvalue weighted by Gasteiger charge is -2.07. The second-order valence-electron chi connectivity index (χ2n) is 6.56. The molecular weight excluding hydrogens is 418 g/mol. The fourth-order valence-corrected chi connectivity index (χ4v) is 3.56. The molecule has 4 aromatic rings. The van der Waals surface area contributed by atoms with Crippen LogP contribution in [-0.4, -0.2) is 31.6 Å². The normalized spacial score (nSPS) is 10.7. The van der Waals surface area contributed by atoms with Gasteiger partial charge in [0.2, 0.25) is 5.91 Å². The SMILES string of the molecule is Cc1ccc(NC(=O)CSc2ccc(-c3ccc(-n4cccn4)cc3)nn2)cc1Cl. The van der Waals surface area contributed by atoms with E-state index in [1.54, 1.807) is 16.9 Å². The number of hydrogen-bond donors (Lipinski definition) is 1. The second kappa shape index (κ2) is 9.11. The average Bonchev–Trinajstić information content (AvgIpc) is 3.30. The quantitative estimate of drug-likeness (QED) is 0.430. The number of thioether (sulfide) groups is 1. The lowest BCUT2D eigenvalue weighted by Crippen LogP contribution is -2.14. The third kappa shape index (κ3) is 4.87. The Labute approximate surface area is 183 Å². The topological polar surface area (TPSA) is 72.7 Å². The Morgan fingerprint density at radius 3 is 2.60 bits per heavy atom. The molecule has 0 saturated heterocycles. The summed E-state index contributed by atoms with van der Waals surface area (Å²) >= 11 is 7.42. The van der Waals surface area contributed by atoms with E-state index in [0.29, 0.717) is 15.7 Å². The van der Waals surface area contributed by atoms with Gasteiger partial charge in [-0.3, -0.25) is 4.79 Å². The van der Waals surface area contributed by atoms with Crippen LogP contribution in [-0.2, 0) is 4.79 Å². The largest absolute Gasteiger partial charge is 0.325 e. The second-order valence-corrected chi connectivity index (χ2v) is 7.96. The molecule has 2 aromatic heterocycles. The monoisotopic (exact) mass is 435 g/mol. The van der Waals surface area contributed by atoms with E-state index in [9.17, 15) is 4.79 Å². The Bertz CT molecular complexity index is 1150. The molecule has 2 heterocycles. The summed E-state index contributed by atoms with van der Waals surface area (Å²) in [6, 6.07) is 19.0. The molecule has 1 N–H and O–H groups in total. The number of nitrogens with one attached hydrogen (secondary N) is 1. The molecule has 2 aromatic carbocycles. The number of halogens is 1. The Balaban J connectivity index is 1.34. The zero-order valence-electron chi connectivity index (χ0n) is 16.1. The third-order valence-electron chi connectivity index (χ3n) is 4.38. The van der Waals surface area contributed by atoms with Gasteiger partial charge in [0.05, 0.1) is 17.1 Å². The fourth-order valence-electron chi connectivity index (χ4n) is 2.76. The molecule has 0 atom stereocenters. The lowest BCUT2D eigenvalue weighted by atomic mass is 10.1. The number of rotatable bonds is 6. The fraction of sp³-hybridized carbons (Fsp3) is 0.0909. The number of carbonyl (C=O) groups excluding carboxylic acids is 1. The first-order valence-corrected chi connectivity index (χ1v) is 10.6. The summed E-state index contributed by atoms with van der Waals surface area (Å²) < 4.78 is 1.80. The predicted octanol–water partition coefficient (Wildman–Crippen LogP) is 5.02.